The van der Waals surface area contributed by atoms with Crippen LogP contribution in [-0.2, 0) is 19.5 Å². The van der Waals surface area contributed by atoms with Gasteiger partial charge in [0.25, 0.3) is 0 Å². The second kappa shape index (κ2) is 3.51. The third kappa shape index (κ3) is 1.69. The molecule has 0 bridgehead atoms. The molecule has 28 valence electrons. The van der Waals surface area contributed by atoms with Crippen LogP contribution in [0, 0.1) is 6.07 Å². The Morgan fingerprint density at radius 3 is 2.50 bits per heavy atom. The first-order valence-electron chi connectivity index (χ1n) is 1.38. The van der Waals surface area contributed by atoms with Gasteiger partial charge in [-0.2, -0.15) is 5.38 Å². The molecule has 1 rings (SSSR count). The maximum Gasteiger partial charge on any atom is 0 e. The third-order valence-corrected chi connectivity index (χ3v) is 0.944. The summed E-state index contributed by atoms with van der Waals surface area (Å²) in [5, 5.41) is 3.90. The number of hydrogen-bond acceptors (Lipinski definition) is 1. The van der Waals surface area contributed by atoms with Gasteiger partial charge in [0, 0.05) is 19.5 Å². The minimum absolute atomic E-state index is 0. The zero-order valence-electron chi connectivity index (χ0n) is 3.35. The molecule has 0 radical (unpaired) electrons. The average molecular weight is 149 g/mol. The molecule has 1 aromatic rings. The normalized spacial score (nSPS) is 6.67. The van der Waals surface area contributed by atoms with E-state index in [2.05, 4.69) is 6.07 Å². The van der Waals surface area contributed by atoms with Gasteiger partial charge in [-0.05, 0) is 0 Å². The van der Waals surface area contributed by atoms with E-state index in [4.69, 9.17) is 0 Å². The Labute approximate surface area is 54.0 Å². The van der Waals surface area contributed by atoms with Crippen molar-refractivity contribution < 1.29 is 19.5 Å². The summed E-state index contributed by atoms with van der Waals surface area (Å²) in [7, 11) is 0. The fourth-order valence-electron chi connectivity index (χ4n) is 0.196. The van der Waals surface area contributed by atoms with E-state index in [1.54, 1.807) is 11.3 Å². The van der Waals surface area contributed by atoms with Crippen LogP contribution in [0.15, 0.2) is 16.8 Å². The molecule has 0 saturated heterocycles. The van der Waals surface area contributed by atoms with Crippen LogP contribution in [-0.4, -0.2) is 0 Å². The fourth-order valence-corrected chi connectivity index (χ4v) is 0.589. The quantitative estimate of drug-likeness (QED) is 0.387. The Morgan fingerprint density at radius 1 is 1.50 bits per heavy atom. The summed E-state index contributed by atoms with van der Waals surface area (Å²) in [5.74, 6) is 0. The Hall–Kier alpha value is 0.323. The van der Waals surface area contributed by atoms with Gasteiger partial charge in [0.05, 0.1) is 0 Å². The van der Waals surface area contributed by atoms with Crippen molar-refractivity contribution in [3.63, 3.8) is 0 Å². The molecule has 0 aliphatic rings. The minimum Gasteiger partial charge on any atom is -0.273 e. The summed E-state index contributed by atoms with van der Waals surface area (Å²) in [5.41, 5.74) is 0. The van der Waals surface area contributed by atoms with Crippen LogP contribution in [0.5, 0.6) is 0 Å². The van der Waals surface area contributed by atoms with Gasteiger partial charge in [-0.15, -0.1) is 5.38 Å². The van der Waals surface area contributed by atoms with Crippen molar-refractivity contribution in [1.82, 2.24) is 0 Å². The van der Waals surface area contributed by atoms with E-state index in [1.165, 1.54) is 0 Å². The predicted octanol–water partition coefficient (Wildman–Crippen LogP) is 1.55. The maximum absolute atomic E-state index is 2.88. The molecule has 0 aliphatic carbocycles. The van der Waals surface area contributed by atoms with Crippen molar-refractivity contribution in [2.45, 2.75) is 0 Å². The zero-order chi connectivity index (χ0) is 3.54. The van der Waals surface area contributed by atoms with E-state index in [9.17, 15) is 0 Å². The molecular formula is C4H3SZn-. The topological polar surface area (TPSA) is 0 Å². The fraction of sp³-hybridized carbons (Fsp3) is 0. The average Bonchev–Trinajstić information content (AvgIpc) is 1.76. The second-order valence-electron chi connectivity index (χ2n) is 0.723. The van der Waals surface area contributed by atoms with Crippen molar-refractivity contribution in [1.29, 1.82) is 0 Å². The van der Waals surface area contributed by atoms with Gasteiger partial charge in [-0.3, -0.25) is 11.3 Å². The molecule has 0 spiro atoms. The van der Waals surface area contributed by atoms with E-state index >= 15 is 0 Å². The van der Waals surface area contributed by atoms with Crippen LogP contribution in [0.3, 0.4) is 0 Å². The van der Waals surface area contributed by atoms with Crippen LogP contribution in [0.25, 0.3) is 0 Å². The standard InChI is InChI=1S/C4H3S.Zn/c1-2-4-5-3-1;/h1,3-4H;/q-1;. The Morgan fingerprint density at radius 2 is 2.33 bits per heavy atom. The predicted molar refractivity (Wildman–Crippen MR) is 23.2 cm³/mol. The van der Waals surface area contributed by atoms with Gasteiger partial charge in [0.2, 0.25) is 0 Å². The van der Waals surface area contributed by atoms with E-state index in [1.807, 2.05) is 16.8 Å². The van der Waals surface area contributed by atoms with E-state index in [-0.39, 0.29) is 19.5 Å². The largest absolute Gasteiger partial charge is 0.273 e. The van der Waals surface area contributed by atoms with E-state index in [0.29, 0.717) is 0 Å². The minimum atomic E-state index is 0. The van der Waals surface area contributed by atoms with E-state index in [0.717, 1.165) is 0 Å². The van der Waals surface area contributed by atoms with E-state index < -0.39 is 0 Å². The number of rotatable bonds is 0. The van der Waals surface area contributed by atoms with Gasteiger partial charge < -0.3 is 0 Å². The van der Waals surface area contributed by atoms with Crippen LogP contribution < -0.4 is 0 Å². The molecule has 1 aromatic heterocycles. The molecule has 0 aromatic carbocycles. The van der Waals surface area contributed by atoms with Gasteiger partial charge >= 0.3 is 0 Å². The Balaban J connectivity index is 0.000000250. The first-order chi connectivity index (χ1) is 2.50. The smallest absolute Gasteiger partial charge is 0 e. The monoisotopic (exact) mass is 147 g/mol. The second-order valence-corrected chi connectivity index (χ2v) is 1.50. The molecule has 0 fully saturated rings. The summed E-state index contributed by atoms with van der Waals surface area (Å²) >= 11 is 1.66. The molecule has 0 N–H and O–H groups in total. The van der Waals surface area contributed by atoms with Crippen molar-refractivity contribution >= 4 is 11.3 Å². The molecule has 2 heteroatoms. The van der Waals surface area contributed by atoms with Crippen molar-refractivity contribution in [3.05, 3.63) is 22.9 Å². The molecule has 6 heavy (non-hydrogen) atoms. The van der Waals surface area contributed by atoms with Crippen molar-refractivity contribution in [3.8, 4) is 0 Å². The summed E-state index contributed by atoms with van der Waals surface area (Å²) in [4.78, 5) is 0. The van der Waals surface area contributed by atoms with Crippen LogP contribution in [0.1, 0.15) is 0 Å². The first kappa shape index (κ1) is 6.32. The summed E-state index contributed by atoms with van der Waals surface area (Å²) in [6.45, 7) is 0. The molecule has 0 nitrogen and oxygen atoms in total. The number of hydrogen-bond donors (Lipinski definition) is 0. The zero-order valence-corrected chi connectivity index (χ0v) is 7.13. The summed E-state index contributed by atoms with van der Waals surface area (Å²) in [6.07, 6.45) is 0. The van der Waals surface area contributed by atoms with Gasteiger partial charge in [0.15, 0.2) is 0 Å². The Kier molecular flexibility index (Phi) is 3.70. The molecule has 0 saturated carbocycles. The van der Waals surface area contributed by atoms with Gasteiger partial charge in [-0.1, -0.05) is 0 Å². The molecule has 0 aliphatic heterocycles. The van der Waals surface area contributed by atoms with Crippen molar-refractivity contribution in [2.24, 2.45) is 0 Å². The molecule has 0 atom stereocenters. The molecule has 0 amide bonds. The Bertz CT molecular complexity index is 64.0. The first-order valence-corrected chi connectivity index (χ1v) is 2.32. The molecular weight excluding hydrogens is 146 g/mol. The molecule has 1 heterocycles. The van der Waals surface area contributed by atoms with Gasteiger partial charge in [0.1, 0.15) is 0 Å². The van der Waals surface area contributed by atoms with Crippen LogP contribution in [0.2, 0.25) is 0 Å². The number of thiophene rings is 1. The summed E-state index contributed by atoms with van der Waals surface area (Å²) in [6, 6.07) is 4.77. The van der Waals surface area contributed by atoms with Crippen molar-refractivity contribution in [2.75, 3.05) is 0 Å². The van der Waals surface area contributed by atoms with Crippen LogP contribution in [0.4, 0.5) is 0 Å². The summed E-state index contributed by atoms with van der Waals surface area (Å²) < 4.78 is 0. The third-order valence-electron chi connectivity index (χ3n) is 0.379. The van der Waals surface area contributed by atoms with Gasteiger partial charge in [-0.25, -0.2) is 12.1 Å². The van der Waals surface area contributed by atoms with Crippen LogP contribution >= 0.6 is 11.3 Å². The SMILES string of the molecule is [Zn].[c-]1ccsc1. The maximum atomic E-state index is 2.88. The molecule has 0 unspecified atom stereocenters.